The molecule has 0 atom stereocenters. The van der Waals surface area contributed by atoms with Gasteiger partial charge in [-0.1, -0.05) is 54.2 Å². The molecule has 1 N–H and O–H groups in total. The van der Waals surface area contributed by atoms with Crippen molar-refractivity contribution in [2.75, 3.05) is 0 Å². The lowest BCUT2D eigenvalue weighted by Gasteiger charge is -2.51. The number of aromatic carboxylic acids is 1. The van der Waals surface area contributed by atoms with E-state index in [9.17, 15) is 18.7 Å². The number of aromatic nitrogens is 3. The number of allylic oxidation sites excluding steroid dienone is 3. The standard InChI is InChI=1S/C31H28Cl2F2IN3O5/c1-29(34,35)19-11-17(10-18(12-19)27(40)41)26-37-28(44-39-26)30-4-7-31(8-5-30,9-6-30)42-15-20-24(38-43-25(20)16-2-3-16)23-21(32)13-36-14-22(23)33/h10-14,16H,2-9,15H2,1H3,(H,40,41). The molecule has 44 heavy (non-hydrogen) atoms. The predicted molar refractivity (Wildman–Crippen MR) is 168 cm³/mol. The Labute approximate surface area is 271 Å². The fourth-order valence-electron chi connectivity index (χ4n) is 6.52. The molecule has 4 fully saturated rings. The van der Waals surface area contributed by atoms with Crippen molar-refractivity contribution in [1.82, 2.24) is 15.3 Å². The number of hydrogen-bond acceptors (Lipinski definition) is 7. The maximum absolute atomic E-state index is 14.1. The van der Waals surface area contributed by atoms with Gasteiger partial charge in [-0.15, -0.1) is 0 Å². The average molecular weight is 758 g/mol. The number of carboxylic acids is 1. The fraction of sp³-hybridized carbons (Fsp3) is 0.452. The fourth-order valence-corrected chi connectivity index (χ4v) is 9.02. The Morgan fingerprint density at radius 3 is 2.48 bits per heavy atom. The number of rotatable bonds is 9. The van der Waals surface area contributed by atoms with Gasteiger partial charge in [-0.05, 0) is 77.7 Å². The number of nitrogens with zero attached hydrogens (tertiary/aromatic N) is 3. The van der Waals surface area contributed by atoms with Crippen LogP contribution in [0.4, 0.5) is 8.78 Å². The van der Waals surface area contributed by atoms with Crippen molar-refractivity contribution < 1.29 is 32.5 Å². The molecule has 0 amide bonds. The van der Waals surface area contributed by atoms with Crippen LogP contribution in [-0.4, -0.2) is 36.0 Å². The predicted octanol–water partition coefficient (Wildman–Crippen LogP) is 8.79. The SMILES string of the molecule is CC(F)(F)c1cc(C(=O)O)cc(-c2noc(C34CCC(OCc5c(C6=C(Cl)C=IC=C6Cl)noc5C5CC5)(CC3)CC4)n2)c1. The second kappa shape index (κ2) is 11.1. The number of fused-ring (bicyclic) bond motifs is 3. The molecule has 0 saturated heterocycles. The lowest BCUT2D eigenvalue weighted by Crippen LogP contribution is -2.49. The van der Waals surface area contributed by atoms with Crippen LogP contribution in [-0.2, 0) is 22.7 Å². The summed E-state index contributed by atoms with van der Waals surface area (Å²) in [4.78, 5) is 16.2. The van der Waals surface area contributed by atoms with E-state index in [2.05, 4.69) is 15.3 Å². The van der Waals surface area contributed by atoms with E-state index in [1.807, 2.05) is 8.09 Å². The smallest absolute Gasteiger partial charge is 0.335 e. The van der Waals surface area contributed by atoms with Gasteiger partial charge in [-0.2, -0.15) is 4.98 Å². The van der Waals surface area contributed by atoms with E-state index in [4.69, 9.17) is 37.0 Å². The van der Waals surface area contributed by atoms with Gasteiger partial charge in [0.15, 0.2) is 0 Å². The summed E-state index contributed by atoms with van der Waals surface area (Å²) in [7, 11) is 0. The highest BCUT2D eigenvalue weighted by atomic mass is 127. The summed E-state index contributed by atoms with van der Waals surface area (Å²) in [6.07, 6.45) is 6.75. The molecule has 2 bridgehead atoms. The van der Waals surface area contributed by atoms with E-state index in [-0.39, 0.29) is 48.7 Å². The van der Waals surface area contributed by atoms with Crippen LogP contribution in [0, 0.1) is 0 Å². The zero-order chi connectivity index (χ0) is 30.9. The first-order valence-electron chi connectivity index (χ1n) is 14.4. The summed E-state index contributed by atoms with van der Waals surface area (Å²) < 4.78 is 50.6. The molecule has 4 saturated carbocycles. The van der Waals surface area contributed by atoms with Gasteiger partial charge in [0.1, 0.15) is 11.5 Å². The third kappa shape index (κ3) is 5.47. The molecular formula is C31H28Cl2F2IN3O5. The molecule has 2 aromatic heterocycles. The summed E-state index contributed by atoms with van der Waals surface area (Å²) >= 11 is 12.8. The number of ether oxygens (including phenoxy) is 1. The Kier molecular flexibility index (Phi) is 7.61. The Morgan fingerprint density at radius 1 is 1.11 bits per heavy atom. The summed E-state index contributed by atoms with van der Waals surface area (Å²) in [5, 5.41) is 19.2. The van der Waals surface area contributed by atoms with Gasteiger partial charge in [-0.25, -0.2) is 13.6 Å². The van der Waals surface area contributed by atoms with Crippen molar-refractivity contribution in [2.24, 2.45) is 0 Å². The van der Waals surface area contributed by atoms with E-state index < -0.39 is 17.5 Å². The van der Waals surface area contributed by atoms with Gasteiger partial charge >= 0.3 is 5.97 Å². The van der Waals surface area contributed by atoms with Gasteiger partial charge in [0.05, 0.1) is 33.3 Å². The summed E-state index contributed by atoms with van der Waals surface area (Å²) in [5.41, 5.74) is 1.10. The zero-order valence-corrected chi connectivity index (χ0v) is 27.3. The van der Waals surface area contributed by atoms with Crippen molar-refractivity contribution in [2.45, 2.75) is 87.8 Å². The lowest BCUT2D eigenvalue weighted by molar-refractivity contribution is -0.130. The minimum absolute atomic E-state index is 0.0944. The molecule has 8 nitrogen and oxygen atoms in total. The van der Waals surface area contributed by atoms with Gasteiger partial charge in [0, 0.05) is 35.1 Å². The number of benzene rings is 1. The van der Waals surface area contributed by atoms with Crippen LogP contribution >= 0.6 is 43.9 Å². The number of alkyl halides is 2. The highest BCUT2D eigenvalue weighted by Crippen LogP contribution is 2.55. The summed E-state index contributed by atoms with van der Waals surface area (Å²) in [5.74, 6) is -2.80. The molecule has 1 aliphatic heterocycles. The molecule has 3 heterocycles. The molecule has 232 valence electrons. The number of carbonyl (C=O) groups is 1. The van der Waals surface area contributed by atoms with Crippen LogP contribution in [0.2, 0.25) is 0 Å². The van der Waals surface area contributed by atoms with E-state index >= 15 is 0 Å². The lowest BCUT2D eigenvalue weighted by atomic mass is 9.58. The Hall–Kier alpha value is -2.48. The van der Waals surface area contributed by atoms with Gasteiger partial charge in [0.25, 0.3) is 5.92 Å². The average Bonchev–Trinajstić information content (AvgIpc) is 3.56. The molecule has 13 heteroatoms. The maximum Gasteiger partial charge on any atom is 0.335 e. The Balaban J connectivity index is 1.09. The van der Waals surface area contributed by atoms with Crippen LogP contribution in [0.15, 0.2) is 41.4 Å². The van der Waals surface area contributed by atoms with E-state index in [1.165, 1.54) is 12.1 Å². The van der Waals surface area contributed by atoms with Crippen molar-refractivity contribution >= 4 is 59.5 Å². The molecule has 0 spiro atoms. The topological polar surface area (TPSA) is 111 Å². The number of carboxylic acid groups (broad SMARTS) is 1. The normalized spacial score (nSPS) is 25.2. The molecule has 0 radical (unpaired) electrons. The Morgan fingerprint density at radius 2 is 1.84 bits per heavy atom. The molecule has 1 aromatic carbocycles. The van der Waals surface area contributed by atoms with Gasteiger partial charge in [0.2, 0.25) is 11.7 Å². The first-order valence-corrected chi connectivity index (χ1v) is 17.7. The van der Waals surface area contributed by atoms with Crippen molar-refractivity contribution in [3.8, 4) is 11.4 Å². The summed E-state index contributed by atoms with van der Waals surface area (Å²) in [6.45, 7) is 1.07. The van der Waals surface area contributed by atoms with Gasteiger partial charge in [-0.3, -0.25) is 0 Å². The van der Waals surface area contributed by atoms with Crippen LogP contribution in [0.3, 0.4) is 0 Å². The first-order chi connectivity index (χ1) is 21.0. The van der Waals surface area contributed by atoms with E-state index in [0.717, 1.165) is 75.7 Å². The number of halogens is 5. The highest BCUT2D eigenvalue weighted by Gasteiger charge is 2.53. The van der Waals surface area contributed by atoms with E-state index in [0.29, 0.717) is 39.7 Å². The molecule has 3 aromatic rings. The third-order valence-corrected chi connectivity index (χ3v) is 12.6. The summed E-state index contributed by atoms with van der Waals surface area (Å²) in [6, 6.07) is 3.47. The quantitative estimate of drug-likeness (QED) is 0.216. The van der Waals surface area contributed by atoms with Crippen LogP contribution in [0.1, 0.15) is 103 Å². The largest absolute Gasteiger partial charge is 0.478 e. The highest BCUT2D eigenvalue weighted by molar-refractivity contribution is 14.2. The zero-order valence-electron chi connectivity index (χ0n) is 23.6. The van der Waals surface area contributed by atoms with Crippen LogP contribution in [0.5, 0.6) is 0 Å². The third-order valence-electron chi connectivity index (χ3n) is 9.32. The molecular weight excluding hydrogens is 730 g/mol. The first kappa shape index (κ1) is 30.2. The van der Waals surface area contributed by atoms with Crippen LogP contribution in [0.25, 0.3) is 17.0 Å². The minimum atomic E-state index is -3.23. The number of hydrogen-bond donors (Lipinski definition) is 1. The molecule has 0 unspecified atom stereocenters. The van der Waals surface area contributed by atoms with Crippen molar-refractivity contribution in [3.05, 3.63) is 66.4 Å². The van der Waals surface area contributed by atoms with Crippen molar-refractivity contribution in [3.63, 3.8) is 0 Å². The minimum Gasteiger partial charge on any atom is -0.478 e. The second-order valence-corrected chi connectivity index (χ2v) is 15.0. The molecule has 8 rings (SSSR count). The van der Waals surface area contributed by atoms with E-state index in [1.54, 1.807) is 0 Å². The van der Waals surface area contributed by atoms with Gasteiger partial charge < -0.3 is 18.9 Å². The van der Waals surface area contributed by atoms with Crippen molar-refractivity contribution in [1.29, 1.82) is 0 Å². The molecule has 4 aliphatic carbocycles. The van der Waals surface area contributed by atoms with Crippen LogP contribution < -0.4 is 0 Å². The second-order valence-electron chi connectivity index (χ2n) is 12.2. The Bertz CT molecular complexity index is 1730. The molecule has 5 aliphatic rings. The monoisotopic (exact) mass is 757 g/mol. The maximum atomic E-state index is 14.1.